The van der Waals surface area contributed by atoms with Crippen LogP contribution in [0.3, 0.4) is 0 Å². The molecule has 1 atom stereocenters. The molecule has 3 saturated heterocycles. The highest BCUT2D eigenvalue weighted by atomic mass is 32.2. The minimum absolute atomic E-state index is 0.328. The summed E-state index contributed by atoms with van der Waals surface area (Å²) in [6.45, 7) is 6.85. The molecule has 0 aliphatic carbocycles. The molecule has 1 aromatic heterocycles. The van der Waals surface area contributed by atoms with Gasteiger partial charge in [-0.25, -0.2) is 13.4 Å². The van der Waals surface area contributed by atoms with Crippen molar-refractivity contribution in [2.45, 2.75) is 68.8 Å². The van der Waals surface area contributed by atoms with Crippen LogP contribution in [0.1, 0.15) is 51.9 Å². The van der Waals surface area contributed by atoms with E-state index in [0.717, 1.165) is 44.2 Å². The van der Waals surface area contributed by atoms with Crippen molar-refractivity contribution in [3.8, 4) is 0 Å². The minimum Gasteiger partial charge on any atom is -0.357 e. The van der Waals surface area contributed by atoms with Crippen molar-refractivity contribution in [1.82, 2.24) is 14.2 Å². The second-order valence-electron chi connectivity index (χ2n) is 8.26. The van der Waals surface area contributed by atoms with E-state index >= 15 is 0 Å². The minimum atomic E-state index is -3.39. The summed E-state index contributed by atoms with van der Waals surface area (Å²) in [4.78, 5) is 9.81. The summed E-state index contributed by atoms with van der Waals surface area (Å²) in [7, 11) is -3.39. The first kappa shape index (κ1) is 19.2. The highest BCUT2D eigenvalue weighted by molar-refractivity contribution is 7.89. The fourth-order valence-electron chi connectivity index (χ4n) is 4.89. The first-order chi connectivity index (χ1) is 13.1. The first-order valence-electron chi connectivity index (χ1n) is 10.5. The molecule has 3 aliphatic heterocycles. The smallest absolute Gasteiger partial charge is 0.244 e. The van der Waals surface area contributed by atoms with E-state index < -0.39 is 10.0 Å². The number of rotatable bonds is 4. The third kappa shape index (κ3) is 4.00. The highest BCUT2D eigenvalue weighted by Crippen LogP contribution is 2.28. The third-order valence-electron chi connectivity index (χ3n) is 6.54. The Bertz CT molecular complexity index is 723. The van der Waals surface area contributed by atoms with Crippen LogP contribution in [0.15, 0.2) is 23.2 Å². The zero-order valence-electron chi connectivity index (χ0n) is 16.4. The number of piperidine rings is 2. The quantitative estimate of drug-likeness (QED) is 0.789. The molecular formula is C20H32N4O2S. The van der Waals surface area contributed by atoms with E-state index in [4.69, 9.17) is 0 Å². The maximum absolute atomic E-state index is 12.8. The zero-order chi connectivity index (χ0) is 18.9. The van der Waals surface area contributed by atoms with Crippen LogP contribution in [0.2, 0.25) is 0 Å². The number of hydrogen-bond acceptors (Lipinski definition) is 5. The molecule has 0 bridgehead atoms. The summed E-state index contributed by atoms with van der Waals surface area (Å²) in [6.07, 6.45) is 9.57. The Hall–Kier alpha value is -1.18. The van der Waals surface area contributed by atoms with Gasteiger partial charge in [0.25, 0.3) is 0 Å². The van der Waals surface area contributed by atoms with E-state index in [2.05, 4.69) is 21.7 Å². The van der Waals surface area contributed by atoms with Gasteiger partial charge < -0.3 is 4.90 Å². The number of nitrogens with zero attached hydrogens (tertiary/aromatic N) is 4. The lowest BCUT2D eigenvalue weighted by Crippen LogP contribution is -2.46. The van der Waals surface area contributed by atoms with Crippen molar-refractivity contribution >= 4 is 15.8 Å². The maximum atomic E-state index is 12.8. The van der Waals surface area contributed by atoms with Crippen molar-refractivity contribution in [3.05, 3.63) is 18.3 Å². The molecule has 150 valence electrons. The number of pyridine rings is 1. The fraction of sp³-hybridized carbons (Fsp3) is 0.750. The Labute approximate surface area is 163 Å². The number of aromatic nitrogens is 1. The van der Waals surface area contributed by atoms with E-state index in [9.17, 15) is 8.42 Å². The van der Waals surface area contributed by atoms with Crippen molar-refractivity contribution in [2.75, 3.05) is 37.6 Å². The largest absolute Gasteiger partial charge is 0.357 e. The Kier molecular flexibility index (Phi) is 5.71. The summed E-state index contributed by atoms with van der Waals surface area (Å²) < 4.78 is 27.1. The predicted molar refractivity (Wildman–Crippen MR) is 107 cm³/mol. The molecule has 0 amide bonds. The number of hydrogen-bond donors (Lipinski definition) is 0. The summed E-state index contributed by atoms with van der Waals surface area (Å²) in [5.74, 6) is 0.903. The normalized spacial score (nSPS) is 26.6. The van der Waals surface area contributed by atoms with Crippen LogP contribution >= 0.6 is 0 Å². The van der Waals surface area contributed by atoms with Crippen LogP contribution < -0.4 is 4.90 Å². The Morgan fingerprint density at radius 1 is 0.926 bits per heavy atom. The summed E-state index contributed by atoms with van der Waals surface area (Å²) in [5.41, 5.74) is 0. The second-order valence-corrected chi connectivity index (χ2v) is 10.2. The van der Waals surface area contributed by atoms with Gasteiger partial charge in [-0.3, -0.25) is 4.90 Å². The van der Waals surface area contributed by atoms with E-state index in [0.29, 0.717) is 24.0 Å². The number of likely N-dealkylation sites (tertiary alicyclic amines) is 1. The highest BCUT2D eigenvalue weighted by Gasteiger charge is 2.31. The van der Waals surface area contributed by atoms with Gasteiger partial charge in [0.2, 0.25) is 10.0 Å². The molecule has 4 heterocycles. The van der Waals surface area contributed by atoms with Gasteiger partial charge in [-0.2, -0.15) is 4.31 Å². The number of anilines is 1. The lowest BCUT2D eigenvalue weighted by molar-refractivity contribution is 0.163. The molecule has 0 radical (unpaired) electrons. The van der Waals surface area contributed by atoms with E-state index in [1.54, 1.807) is 16.6 Å². The van der Waals surface area contributed by atoms with Crippen molar-refractivity contribution in [1.29, 1.82) is 0 Å². The van der Waals surface area contributed by atoms with Gasteiger partial charge in [0.15, 0.2) is 0 Å². The topological polar surface area (TPSA) is 56.8 Å². The third-order valence-corrected chi connectivity index (χ3v) is 8.42. The maximum Gasteiger partial charge on any atom is 0.244 e. The Morgan fingerprint density at radius 2 is 1.67 bits per heavy atom. The molecular weight excluding hydrogens is 360 g/mol. The lowest BCUT2D eigenvalue weighted by Gasteiger charge is -2.39. The van der Waals surface area contributed by atoms with Crippen molar-refractivity contribution in [2.24, 2.45) is 0 Å². The molecule has 6 nitrogen and oxygen atoms in total. The van der Waals surface area contributed by atoms with Crippen molar-refractivity contribution in [3.63, 3.8) is 0 Å². The van der Waals surface area contributed by atoms with Gasteiger partial charge >= 0.3 is 0 Å². The summed E-state index contributed by atoms with van der Waals surface area (Å²) in [6, 6.07) is 5.03. The summed E-state index contributed by atoms with van der Waals surface area (Å²) in [5, 5.41) is 0. The van der Waals surface area contributed by atoms with Crippen LogP contribution in [0.25, 0.3) is 0 Å². The Morgan fingerprint density at radius 3 is 2.26 bits per heavy atom. The number of sulfonamides is 1. The molecule has 27 heavy (non-hydrogen) atoms. The van der Waals surface area contributed by atoms with Crippen LogP contribution in [0.5, 0.6) is 0 Å². The molecule has 0 aromatic carbocycles. The van der Waals surface area contributed by atoms with Gasteiger partial charge in [-0.15, -0.1) is 0 Å². The van der Waals surface area contributed by atoms with Crippen LogP contribution in [0.4, 0.5) is 5.82 Å². The summed E-state index contributed by atoms with van der Waals surface area (Å²) >= 11 is 0. The van der Waals surface area contributed by atoms with E-state index in [1.807, 2.05) is 6.07 Å². The van der Waals surface area contributed by atoms with Crippen LogP contribution in [-0.2, 0) is 10.0 Å². The molecule has 4 rings (SSSR count). The predicted octanol–water partition coefficient (Wildman–Crippen LogP) is 2.71. The molecule has 0 saturated carbocycles. The van der Waals surface area contributed by atoms with Crippen molar-refractivity contribution < 1.29 is 8.42 Å². The standard InChI is InChI=1S/C20H32N4O2S/c1-17-6-5-13-24(17)18-9-14-22(15-10-18)20-8-7-19(16-21-20)27(25,26)23-11-3-2-4-12-23/h7-8,16-18H,2-6,9-15H2,1H3. The van der Waals surface area contributed by atoms with Gasteiger partial charge in [0.1, 0.15) is 10.7 Å². The Balaban J connectivity index is 1.38. The van der Waals surface area contributed by atoms with E-state index in [1.165, 1.54) is 32.2 Å². The molecule has 0 spiro atoms. The SMILES string of the molecule is CC1CCCN1C1CCN(c2ccc(S(=O)(=O)N3CCCCC3)cn2)CC1. The molecule has 1 aromatic rings. The molecule has 3 aliphatic rings. The van der Waals surface area contributed by atoms with Crippen LogP contribution in [-0.4, -0.2) is 67.4 Å². The molecule has 3 fully saturated rings. The van der Waals surface area contributed by atoms with Gasteiger partial charge in [-0.05, 0) is 64.1 Å². The first-order valence-corrected chi connectivity index (χ1v) is 12.0. The fourth-order valence-corrected chi connectivity index (χ4v) is 6.35. The molecule has 1 unspecified atom stereocenters. The zero-order valence-corrected chi connectivity index (χ0v) is 17.2. The average Bonchev–Trinajstić information content (AvgIpc) is 3.15. The van der Waals surface area contributed by atoms with Gasteiger partial charge in [0.05, 0.1) is 0 Å². The second kappa shape index (κ2) is 8.05. The van der Waals surface area contributed by atoms with E-state index in [-0.39, 0.29) is 0 Å². The van der Waals surface area contributed by atoms with Gasteiger partial charge in [-0.1, -0.05) is 6.42 Å². The monoisotopic (exact) mass is 392 g/mol. The lowest BCUT2D eigenvalue weighted by atomic mass is 10.0. The van der Waals surface area contributed by atoms with Crippen LogP contribution in [0, 0.1) is 0 Å². The molecule has 7 heteroatoms. The molecule has 0 N–H and O–H groups in total. The van der Waals surface area contributed by atoms with Gasteiger partial charge in [0, 0.05) is 44.5 Å². The average molecular weight is 393 g/mol.